The van der Waals surface area contributed by atoms with Gasteiger partial charge in [-0.05, 0) is 36.4 Å². The van der Waals surface area contributed by atoms with Gasteiger partial charge in [-0.2, -0.15) is 0 Å². The average Bonchev–Trinajstić information content (AvgIpc) is 2.74. The Morgan fingerprint density at radius 1 is 0.750 bits per heavy atom. The van der Waals surface area contributed by atoms with Crippen LogP contribution in [0.2, 0.25) is 20.1 Å². The number of fused-ring (bicyclic) bond motifs is 2. The maximum atomic E-state index is 11.7. The lowest BCUT2D eigenvalue weighted by molar-refractivity contribution is -0.108. The molecule has 0 aliphatic rings. The van der Waals surface area contributed by atoms with Gasteiger partial charge in [-0.3, -0.25) is 9.59 Å². The van der Waals surface area contributed by atoms with Gasteiger partial charge in [0.25, 0.3) is 11.1 Å². The van der Waals surface area contributed by atoms with Gasteiger partial charge in [0.15, 0.2) is 0 Å². The highest BCUT2D eigenvalue weighted by atomic mass is 35.5. The standard InChI is InChI=1S/C11H9Cl2NO2.C11H7Cl2NO2/c2*12-7-1-2-8-9(13)6-11(16)14(3-4-15)10(8)5-7/h1-2,5-6,15H,3-4H2;1-2,4-6H,3H2. The Bertz CT molecular complexity index is 1430. The van der Waals surface area contributed by atoms with Crippen molar-refractivity contribution in [2.75, 3.05) is 6.61 Å². The number of carbonyl (C=O) groups excluding carboxylic acids is 1. The number of nitrogens with zero attached hydrogens (tertiary/aromatic N) is 2. The molecule has 0 aliphatic carbocycles. The van der Waals surface area contributed by atoms with Gasteiger partial charge >= 0.3 is 0 Å². The van der Waals surface area contributed by atoms with E-state index in [0.717, 1.165) is 5.39 Å². The van der Waals surface area contributed by atoms with Crippen LogP contribution in [0.5, 0.6) is 0 Å². The zero-order chi connectivity index (χ0) is 23.4. The Labute approximate surface area is 202 Å². The molecule has 0 fully saturated rings. The minimum absolute atomic E-state index is 0.00710. The third-order valence-corrected chi connectivity index (χ3v) is 5.72. The molecular weight excluding hydrogens is 498 g/mol. The molecule has 0 radical (unpaired) electrons. The van der Waals surface area contributed by atoms with Crippen LogP contribution in [0.1, 0.15) is 0 Å². The summed E-state index contributed by atoms with van der Waals surface area (Å²) in [7, 11) is 0. The van der Waals surface area contributed by atoms with Gasteiger partial charge in [-0.1, -0.05) is 46.4 Å². The zero-order valence-corrected chi connectivity index (χ0v) is 19.4. The van der Waals surface area contributed by atoms with Gasteiger partial charge in [0.05, 0.1) is 34.2 Å². The topological polar surface area (TPSA) is 81.3 Å². The average molecular weight is 514 g/mol. The SMILES string of the molecule is O=CCn1c(=O)cc(Cl)c2ccc(Cl)cc21.O=c1cc(Cl)c2ccc(Cl)cc2n1CCO. The maximum Gasteiger partial charge on any atom is 0.252 e. The first-order chi connectivity index (χ1) is 15.3. The van der Waals surface area contributed by atoms with E-state index in [1.807, 2.05) is 0 Å². The summed E-state index contributed by atoms with van der Waals surface area (Å²) in [5.74, 6) is 0. The molecular formula is C22H16Cl4N2O4. The van der Waals surface area contributed by atoms with E-state index in [0.29, 0.717) is 42.8 Å². The van der Waals surface area contributed by atoms with Gasteiger partial charge in [0.2, 0.25) is 0 Å². The van der Waals surface area contributed by atoms with Crippen molar-refractivity contribution >= 4 is 74.5 Å². The highest BCUT2D eigenvalue weighted by molar-refractivity contribution is 6.36. The predicted octanol–water partition coefficient (Wildman–Crippen LogP) is 4.81. The van der Waals surface area contributed by atoms with Gasteiger partial charge in [0.1, 0.15) is 6.29 Å². The molecule has 4 rings (SSSR count). The molecule has 0 bridgehead atoms. The molecule has 32 heavy (non-hydrogen) atoms. The van der Waals surface area contributed by atoms with Crippen LogP contribution in [0.25, 0.3) is 21.8 Å². The Morgan fingerprint density at radius 3 is 1.69 bits per heavy atom. The number of hydrogen-bond donors (Lipinski definition) is 1. The fraction of sp³-hybridized carbons (Fsp3) is 0.136. The normalized spacial score (nSPS) is 10.8. The van der Waals surface area contributed by atoms with E-state index in [1.54, 1.807) is 36.4 Å². The maximum absolute atomic E-state index is 11.7. The summed E-state index contributed by atoms with van der Waals surface area (Å²) in [5.41, 5.74) is 0.650. The molecule has 2 heterocycles. The molecule has 166 valence electrons. The van der Waals surface area contributed by atoms with Gasteiger partial charge < -0.3 is 19.0 Å². The Balaban J connectivity index is 0.000000181. The van der Waals surface area contributed by atoms with Crippen LogP contribution in [0.3, 0.4) is 0 Å². The van der Waals surface area contributed by atoms with Crippen molar-refractivity contribution in [1.82, 2.24) is 9.13 Å². The number of aliphatic hydroxyl groups excluding tert-OH is 1. The molecule has 0 saturated heterocycles. The summed E-state index contributed by atoms with van der Waals surface area (Å²) >= 11 is 23.6. The van der Waals surface area contributed by atoms with Gasteiger partial charge in [-0.15, -0.1) is 0 Å². The molecule has 0 aliphatic heterocycles. The summed E-state index contributed by atoms with van der Waals surface area (Å²) in [6, 6.07) is 12.8. The fourth-order valence-corrected chi connectivity index (χ4v) is 4.06. The summed E-state index contributed by atoms with van der Waals surface area (Å²) in [6.45, 7) is 0.114. The second kappa shape index (κ2) is 10.5. The number of rotatable bonds is 4. The van der Waals surface area contributed by atoms with Crippen LogP contribution >= 0.6 is 46.4 Å². The first-order valence-corrected chi connectivity index (χ1v) is 10.8. The van der Waals surface area contributed by atoms with Crippen LogP contribution in [-0.4, -0.2) is 27.1 Å². The van der Waals surface area contributed by atoms with E-state index in [-0.39, 0.29) is 30.8 Å². The molecule has 0 saturated carbocycles. The second-order valence-electron chi connectivity index (χ2n) is 6.64. The number of aromatic nitrogens is 2. The number of halogens is 4. The van der Waals surface area contributed by atoms with E-state index < -0.39 is 0 Å². The zero-order valence-electron chi connectivity index (χ0n) is 16.4. The third kappa shape index (κ3) is 5.17. The molecule has 4 aromatic rings. The Morgan fingerprint density at radius 2 is 1.22 bits per heavy atom. The van der Waals surface area contributed by atoms with Crippen LogP contribution in [0.15, 0.2) is 58.1 Å². The van der Waals surface area contributed by atoms with E-state index in [4.69, 9.17) is 51.5 Å². The summed E-state index contributed by atoms with van der Waals surface area (Å²) in [4.78, 5) is 33.8. The largest absolute Gasteiger partial charge is 0.395 e. The molecule has 0 unspecified atom stereocenters. The van der Waals surface area contributed by atoms with Gasteiger partial charge in [0, 0.05) is 39.5 Å². The monoisotopic (exact) mass is 512 g/mol. The Kier molecular flexibility index (Phi) is 7.98. The molecule has 0 atom stereocenters. The number of pyridine rings is 2. The van der Waals surface area contributed by atoms with Gasteiger partial charge in [-0.25, -0.2) is 0 Å². The van der Waals surface area contributed by atoms with Crippen LogP contribution in [0, 0.1) is 0 Å². The molecule has 2 aromatic heterocycles. The second-order valence-corrected chi connectivity index (χ2v) is 8.32. The number of aldehydes is 1. The first kappa shape index (κ1) is 24.3. The van der Waals surface area contributed by atoms with E-state index >= 15 is 0 Å². The number of aliphatic hydroxyl groups is 1. The third-order valence-electron chi connectivity index (χ3n) is 4.63. The van der Waals surface area contributed by atoms with E-state index in [9.17, 15) is 14.4 Å². The molecule has 1 N–H and O–H groups in total. The Hall–Kier alpha value is -2.35. The lowest BCUT2D eigenvalue weighted by Gasteiger charge is -2.09. The van der Waals surface area contributed by atoms with E-state index in [2.05, 4.69) is 0 Å². The predicted molar refractivity (Wildman–Crippen MR) is 130 cm³/mol. The van der Waals surface area contributed by atoms with Crippen molar-refractivity contribution in [2.45, 2.75) is 13.1 Å². The van der Waals surface area contributed by atoms with Crippen LogP contribution in [0.4, 0.5) is 0 Å². The minimum Gasteiger partial charge on any atom is -0.395 e. The van der Waals surface area contributed by atoms with Crippen molar-refractivity contribution in [1.29, 1.82) is 0 Å². The van der Waals surface area contributed by atoms with E-state index in [1.165, 1.54) is 21.3 Å². The summed E-state index contributed by atoms with van der Waals surface area (Å²) < 4.78 is 2.78. The van der Waals surface area contributed by atoms with Crippen molar-refractivity contribution in [3.8, 4) is 0 Å². The quantitative estimate of drug-likeness (QED) is 0.397. The lowest BCUT2D eigenvalue weighted by Crippen LogP contribution is -2.21. The van der Waals surface area contributed by atoms with Crippen molar-refractivity contribution in [3.63, 3.8) is 0 Å². The highest BCUT2D eigenvalue weighted by Crippen LogP contribution is 2.25. The first-order valence-electron chi connectivity index (χ1n) is 9.28. The number of carbonyl (C=O) groups is 1. The van der Waals surface area contributed by atoms with Crippen LogP contribution < -0.4 is 11.1 Å². The number of hydrogen-bond acceptors (Lipinski definition) is 4. The minimum atomic E-state index is -0.313. The fourth-order valence-electron chi connectivity index (χ4n) is 3.22. The van der Waals surface area contributed by atoms with Crippen LogP contribution in [-0.2, 0) is 17.9 Å². The van der Waals surface area contributed by atoms with Crippen molar-refractivity contribution < 1.29 is 9.90 Å². The smallest absolute Gasteiger partial charge is 0.252 e. The highest BCUT2D eigenvalue weighted by Gasteiger charge is 2.08. The molecule has 0 amide bonds. The summed E-state index contributed by atoms with van der Waals surface area (Å²) in [6.07, 6.45) is 0.662. The number of benzene rings is 2. The molecule has 10 heteroatoms. The van der Waals surface area contributed by atoms with Crippen molar-refractivity contribution in [2.24, 2.45) is 0 Å². The lowest BCUT2D eigenvalue weighted by atomic mass is 10.2. The molecule has 6 nitrogen and oxygen atoms in total. The summed E-state index contributed by atoms with van der Waals surface area (Å²) in [5, 5.41) is 12.1. The molecule has 2 aromatic carbocycles. The molecule has 0 spiro atoms. The van der Waals surface area contributed by atoms with Crippen molar-refractivity contribution in [3.05, 3.63) is 89.3 Å².